The van der Waals surface area contributed by atoms with Crippen LogP contribution in [-0.2, 0) is 11.2 Å². The first-order valence-electron chi connectivity index (χ1n) is 8.65. The highest BCUT2D eigenvalue weighted by molar-refractivity contribution is 7.16. The maximum absolute atomic E-state index is 12.6. The molecule has 27 heavy (non-hydrogen) atoms. The van der Waals surface area contributed by atoms with E-state index in [-0.39, 0.29) is 17.9 Å². The van der Waals surface area contributed by atoms with Crippen molar-refractivity contribution in [3.63, 3.8) is 0 Å². The van der Waals surface area contributed by atoms with Gasteiger partial charge in [-0.3, -0.25) is 4.79 Å². The van der Waals surface area contributed by atoms with Crippen molar-refractivity contribution >= 4 is 39.2 Å². The third kappa shape index (κ3) is 3.61. The van der Waals surface area contributed by atoms with E-state index in [4.69, 9.17) is 5.11 Å². The summed E-state index contributed by atoms with van der Waals surface area (Å²) in [5.74, 6) is 0.0205. The van der Waals surface area contributed by atoms with E-state index in [2.05, 4.69) is 14.9 Å². The van der Waals surface area contributed by atoms with Gasteiger partial charge in [-0.2, -0.15) is 0 Å². The van der Waals surface area contributed by atoms with Gasteiger partial charge >= 0.3 is 5.97 Å². The Bertz CT molecular complexity index is 978. The molecule has 0 unspecified atom stereocenters. The van der Waals surface area contributed by atoms with Crippen LogP contribution >= 0.6 is 11.3 Å². The lowest BCUT2D eigenvalue weighted by atomic mass is 10.1. The lowest BCUT2D eigenvalue weighted by molar-refractivity contribution is -0.130. The summed E-state index contributed by atoms with van der Waals surface area (Å²) >= 11 is 1.60. The first-order chi connectivity index (χ1) is 13.1. The molecular formula is C19H18N4O3S. The number of amides is 1. The lowest BCUT2D eigenvalue weighted by Gasteiger charge is -2.35. The Morgan fingerprint density at radius 3 is 2.48 bits per heavy atom. The lowest BCUT2D eigenvalue weighted by Crippen LogP contribution is -2.49. The zero-order chi connectivity index (χ0) is 18.8. The number of nitrogens with zero attached hydrogens (tertiary/aromatic N) is 4. The van der Waals surface area contributed by atoms with Gasteiger partial charge in [0.2, 0.25) is 5.91 Å². The monoisotopic (exact) mass is 382 g/mol. The van der Waals surface area contributed by atoms with Gasteiger partial charge in [-0.1, -0.05) is 12.1 Å². The SMILES string of the molecule is O=C(O)c1ccc(CC(=O)N2CCN(c3ncnc4sccc34)CC2)cc1. The minimum Gasteiger partial charge on any atom is -0.478 e. The van der Waals surface area contributed by atoms with Crippen molar-refractivity contribution in [3.8, 4) is 0 Å². The standard InChI is InChI=1S/C19H18N4O3S/c24-16(11-13-1-3-14(4-2-13)19(25)26)22-6-8-23(9-7-22)17-15-5-10-27-18(15)21-12-20-17/h1-5,10,12H,6-9,11H2,(H,25,26). The number of carbonyl (C=O) groups excluding carboxylic acids is 1. The van der Waals surface area contributed by atoms with Gasteiger partial charge in [0.25, 0.3) is 0 Å². The van der Waals surface area contributed by atoms with Gasteiger partial charge in [0.1, 0.15) is 17.0 Å². The van der Waals surface area contributed by atoms with Crippen LogP contribution in [0.15, 0.2) is 42.0 Å². The molecule has 138 valence electrons. The van der Waals surface area contributed by atoms with Gasteiger partial charge in [-0.25, -0.2) is 14.8 Å². The molecule has 1 aliphatic heterocycles. The average molecular weight is 382 g/mol. The minimum absolute atomic E-state index is 0.0566. The number of carboxylic acid groups (broad SMARTS) is 1. The molecular weight excluding hydrogens is 364 g/mol. The van der Waals surface area contributed by atoms with Crippen molar-refractivity contribution in [2.75, 3.05) is 31.1 Å². The van der Waals surface area contributed by atoms with Crippen LogP contribution in [0, 0.1) is 0 Å². The first-order valence-corrected chi connectivity index (χ1v) is 9.53. The number of carboxylic acids is 1. The molecule has 7 nitrogen and oxygen atoms in total. The van der Waals surface area contributed by atoms with Crippen molar-refractivity contribution in [1.82, 2.24) is 14.9 Å². The highest BCUT2D eigenvalue weighted by Gasteiger charge is 2.23. The molecule has 0 spiro atoms. The van der Waals surface area contributed by atoms with Gasteiger partial charge in [0.15, 0.2) is 0 Å². The van der Waals surface area contributed by atoms with Crippen LogP contribution in [0.3, 0.4) is 0 Å². The maximum Gasteiger partial charge on any atom is 0.335 e. The molecule has 1 aromatic carbocycles. The smallest absolute Gasteiger partial charge is 0.335 e. The van der Waals surface area contributed by atoms with Crippen molar-refractivity contribution in [2.24, 2.45) is 0 Å². The van der Waals surface area contributed by atoms with E-state index in [9.17, 15) is 9.59 Å². The predicted octanol–water partition coefficient (Wildman–Crippen LogP) is 2.28. The average Bonchev–Trinajstić information content (AvgIpc) is 3.17. The van der Waals surface area contributed by atoms with Gasteiger partial charge in [0.05, 0.1) is 17.4 Å². The van der Waals surface area contributed by atoms with Crippen LogP contribution in [0.25, 0.3) is 10.2 Å². The third-order valence-corrected chi connectivity index (χ3v) is 5.55. The summed E-state index contributed by atoms with van der Waals surface area (Å²) in [6.45, 7) is 2.74. The van der Waals surface area contributed by atoms with Crippen LogP contribution in [0.4, 0.5) is 5.82 Å². The molecule has 1 saturated heterocycles. The number of piperazine rings is 1. The van der Waals surface area contributed by atoms with Crippen LogP contribution < -0.4 is 4.90 Å². The van der Waals surface area contributed by atoms with E-state index < -0.39 is 5.97 Å². The Labute approximate surface area is 159 Å². The quantitative estimate of drug-likeness (QED) is 0.745. The van der Waals surface area contributed by atoms with Crippen molar-refractivity contribution in [1.29, 1.82) is 0 Å². The van der Waals surface area contributed by atoms with Gasteiger partial charge < -0.3 is 14.9 Å². The molecule has 3 aromatic rings. The van der Waals surface area contributed by atoms with Gasteiger partial charge in [-0.05, 0) is 29.1 Å². The summed E-state index contributed by atoms with van der Waals surface area (Å²) < 4.78 is 0. The maximum atomic E-state index is 12.6. The molecule has 0 radical (unpaired) electrons. The number of rotatable bonds is 4. The predicted molar refractivity (Wildman–Crippen MR) is 103 cm³/mol. The second kappa shape index (κ2) is 7.32. The fourth-order valence-corrected chi connectivity index (χ4v) is 3.98. The number of carbonyl (C=O) groups is 2. The zero-order valence-electron chi connectivity index (χ0n) is 14.5. The van der Waals surface area contributed by atoms with E-state index >= 15 is 0 Å². The molecule has 3 heterocycles. The Morgan fingerprint density at radius 1 is 1.04 bits per heavy atom. The molecule has 1 amide bonds. The molecule has 4 rings (SSSR count). The second-order valence-electron chi connectivity index (χ2n) is 6.38. The molecule has 0 aliphatic carbocycles. The summed E-state index contributed by atoms with van der Waals surface area (Å²) in [7, 11) is 0. The molecule has 0 saturated carbocycles. The molecule has 8 heteroatoms. The highest BCUT2D eigenvalue weighted by Crippen LogP contribution is 2.27. The molecule has 1 fully saturated rings. The van der Waals surface area contributed by atoms with E-state index in [1.54, 1.807) is 29.8 Å². The normalized spacial score (nSPS) is 14.5. The fourth-order valence-electron chi connectivity index (χ4n) is 3.25. The largest absolute Gasteiger partial charge is 0.478 e. The van der Waals surface area contributed by atoms with Gasteiger partial charge in [-0.15, -0.1) is 11.3 Å². The molecule has 0 atom stereocenters. The minimum atomic E-state index is -0.964. The van der Waals surface area contributed by atoms with E-state index in [1.807, 2.05) is 16.3 Å². The van der Waals surface area contributed by atoms with Crippen molar-refractivity contribution in [2.45, 2.75) is 6.42 Å². The zero-order valence-corrected chi connectivity index (χ0v) is 15.4. The topological polar surface area (TPSA) is 86.6 Å². The molecule has 0 bridgehead atoms. The first kappa shape index (κ1) is 17.4. The number of fused-ring (bicyclic) bond motifs is 1. The van der Waals surface area contributed by atoms with Crippen molar-refractivity contribution in [3.05, 3.63) is 53.2 Å². The van der Waals surface area contributed by atoms with Crippen molar-refractivity contribution < 1.29 is 14.7 Å². The summed E-state index contributed by atoms with van der Waals surface area (Å²) in [4.78, 5) is 37.2. The molecule has 1 aliphatic rings. The highest BCUT2D eigenvalue weighted by atomic mass is 32.1. The number of anilines is 1. The molecule has 2 aromatic heterocycles. The van der Waals surface area contributed by atoms with Crippen LogP contribution in [0.1, 0.15) is 15.9 Å². The summed E-state index contributed by atoms with van der Waals surface area (Å²) in [5.41, 5.74) is 1.05. The number of hydrogen-bond acceptors (Lipinski definition) is 6. The Morgan fingerprint density at radius 2 is 1.78 bits per heavy atom. The van der Waals surface area contributed by atoms with E-state index in [0.717, 1.165) is 34.7 Å². The van der Waals surface area contributed by atoms with Crippen LogP contribution in [0.5, 0.6) is 0 Å². The Hall–Kier alpha value is -3.00. The Balaban J connectivity index is 1.38. The fraction of sp³-hybridized carbons (Fsp3) is 0.263. The number of benzene rings is 1. The molecule has 1 N–H and O–H groups in total. The summed E-state index contributed by atoms with van der Waals surface area (Å²) in [6.07, 6.45) is 1.87. The number of aromatic carboxylic acids is 1. The van der Waals surface area contributed by atoms with Crippen LogP contribution in [-0.4, -0.2) is 58.0 Å². The Kier molecular flexibility index (Phi) is 4.72. The summed E-state index contributed by atoms with van der Waals surface area (Å²) in [6, 6.07) is 8.50. The van der Waals surface area contributed by atoms with Gasteiger partial charge in [0, 0.05) is 26.2 Å². The number of aromatic nitrogens is 2. The third-order valence-electron chi connectivity index (χ3n) is 4.73. The second-order valence-corrected chi connectivity index (χ2v) is 7.28. The van der Waals surface area contributed by atoms with E-state index in [1.165, 1.54) is 12.1 Å². The summed E-state index contributed by atoms with van der Waals surface area (Å²) in [5, 5.41) is 12.0. The van der Waals surface area contributed by atoms with Crippen LogP contribution in [0.2, 0.25) is 0 Å². The number of thiophene rings is 1. The van der Waals surface area contributed by atoms with E-state index in [0.29, 0.717) is 13.1 Å². The number of hydrogen-bond donors (Lipinski definition) is 1.